The van der Waals surface area contributed by atoms with Gasteiger partial charge < -0.3 is 10.5 Å². The lowest BCUT2D eigenvalue weighted by molar-refractivity contribution is 0.398. The molecule has 0 amide bonds. The van der Waals surface area contributed by atoms with Crippen molar-refractivity contribution in [2.24, 2.45) is 0 Å². The molecule has 0 aliphatic carbocycles. The third kappa shape index (κ3) is 1.90. The molecule has 0 saturated heterocycles. The molecule has 0 saturated carbocycles. The molecule has 2 heterocycles. The molecule has 0 aliphatic heterocycles. The molecule has 0 aromatic carbocycles. The van der Waals surface area contributed by atoms with Crippen molar-refractivity contribution < 1.29 is 9.13 Å². The highest BCUT2D eigenvalue weighted by molar-refractivity contribution is 5.59. The van der Waals surface area contributed by atoms with Crippen molar-refractivity contribution in [3.8, 4) is 17.1 Å². The number of hydrogen-bond donors (Lipinski definition) is 1. The van der Waals surface area contributed by atoms with Crippen molar-refractivity contribution in [1.29, 1.82) is 0 Å². The second-order valence-corrected chi connectivity index (χ2v) is 3.01. The van der Waals surface area contributed by atoms with E-state index in [0.29, 0.717) is 11.4 Å². The van der Waals surface area contributed by atoms with E-state index in [1.807, 2.05) is 0 Å². The van der Waals surface area contributed by atoms with Gasteiger partial charge in [0.2, 0.25) is 11.8 Å². The smallest absolute Gasteiger partial charge is 0.220 e. The SMILES string of the molecule is COc1ccc(-c2nc(N)ncc2F)cn1. The van der Waals surface area contributed by atoms with Gasteiger partial charge >= 0.3 is 0 Å². The highest BCUT2D eigenvalue weighted by atomic mass is 19.1. The van der Waals surface area contributed by atoms with Crippen LogP contribution in [0.5, 0.6) is 5.88 Å². The molecule has 16 heavy (non-hydrogen) atoms. The Balaban J connectivity index is 2.45. The van der Waals surface area contributed by atoms with Crippen LogP contribution in [0, 0.1) is 5.82 Å². The summed E-state index contributed by atoms with van der Waals surface area (Å²) in [5, 5.41) is 0. The van der Waals surface area contributed by atoms with Gasteiger partial charge in [-0.1, -0.05) is 0 Å². The van der Waals surface area contributed by atoms with Gasteiger partial charge in [-0.2, -0.15) is 0 Å². The molecule has 0 bridgehead atoms. The molecule has 82 valence electrons. The number of nitrogen functional groups attached to an aromatic ring is 1. The summed E-state index contributed by atoms with van der Waals surface area (Å²) in [6.45, 7) is 0. The molecule has 2 N–H and O–H groups in total. The van der Waals surface area contributed by atoms with E-state index in [-0.39, 0.29) is 11.6 Å². The zero-order valence-electron chi connectivity index (χ0n) is 8.51. The topological polar surface area (TPSA) is 73.9 Å². The van der Waals surface area contributed by atoms with Crippen LogP contribution in [0.25, 0.3) is 11.3 Å². The number of nitrogens with two attached hydrogens (primary N) is 1. The summed E-state index contributed by atoms with van der Waals surface area (Å²) in [5.74, 6) is -0.0698. The minimum atomic E-state index is -0.541. The Morgan fingerprint density at radius 1 is 1.25 bits per heavy atom. The van der Waals surface area contributed by atoms with Crippen LogP contribution in [0.1, 0.15) is 0 Å². The largest absolute Gasteiger partial charge is 0.481 e. The maximum absolute atomic E-state index is 13.4. The second kappa shape index (κ2) is 4.09. The third-order valence-corrected chi connectivity index (χ3v) is 1.98. The van der Waals surface area contributed by atoms with Crippen LogP contribution < -0.4 is 10.5 Å². The van der Waals surface area contributed by atoms with Crippen LogP contribution in [0.2, 0.25) is 0 Å². The fraction of sp³-hybridized carbons (Fsp3) is 0.100. The molecular weight excluding hydrogens is 211 g/mol. The Bertz CT molecular complexity index is 501. The summed E-state index contributed by atoms with van der Waals surface area (Å²) >= 11 is 0. The van der Waals surface area contributed by atoms with E-state index in [9.17, 15) is 4.39 Å². The van der Waals surface area contributed by atoms with E-state index in [0.717, 1.165) is 6.20 Å². The second-order valence-electron chi connectivity index (χ2n) is 3.01. The zero-order chi connectivity index (χ0) is 11.5. The van der Waals surface area contributed by atoms with Gasteiger partial charge in [0.25, 0.3) is 0 Å². The molecule has 0 aliphatic rings. The third-order valence-electron chi connectivity index (χ3n) is 1.98. The minimum absolute atomic E-state index is 0.0206. The first kappa shape index (κ1) is 10.3. The van der Waals surface area contributed by atoms with Crippen LogP contribution in [0.15, 0.2) is 24.5 Å². The fourth-order valence-electron chi connectivity index (χ4n) is 1.22. The first-order chi connectivity index (χ1) is 7.70. The van der Waals surface area contributed by atoms with Gasteiger partial charge in [0.15, 0.2) is 5.82 Å². The van der Waals surface area contributed by atoms with Crippen LogP contribution in [-0.4, -0.2) is 22.1 Å². The molecule has 0 spiro atoms. The summed E-state index contributed by atoms with van der Waals surface area (Å²) in [4.78, 5) is 11.3. The van der Waals surface area contributed by atoms with Crippen LogP contribution in [-0.2, 0) is 0 Å². The van der Waals surface area contributed by atoms with Gasteiger partial charge in [-0.25, -0.2) is 19.3 Å². The monoisotopic (exact) mass is 220 g/mol. The Kier molecular flexibility index (Phi) is 2.63. The maximum Gasteiger partial charge on any atom is 0.220 e. The first-order valence-corrected chi connectivity index (χ1v) is 4.49. The van der Waals surface area contributed by atoms with Crippen molar-refractivity contribution >= 4 is 5.95 Å². The molecule has 0 radical (unpaired) electrons. The normalized spacial score (nSPS) is 10.1. The van der Waals surface area contributed by atoms with Gasteiger partial charge in [0.1, 0.15) is 5.69 Å². The Morgan fingerprint density at radius 2 is 2.06 bits per heavy atom. The van der Waals surface area contributed by atoms with Crippen LogP contribution in [0.3, 0.4) is 0 Å². The number of aromatic nitrogens is 3. The molecule has 2 aromatic heterocycles. The van der Waals surface area contributed by atoms with Crippen molar-refractivity contribution in [2.45, 2.75) is 0 Å². The molecule has 0 atom stereocenters. The lowest BCUT2D eigenvalue weighted by Crippen LogP contribution is -1.99. The first-order valence-electron chi connectivity index (χ1n) is 4.49. The lowest BCUT2D eigenvalue weighted by atomic mass is 10.2. The minimum Gasteiger partial charge on any atom is -0.481 e. The van der Waals surface area contributed by atoms with E-state index in [2.05, 4.69) is 15.0 Å². The average molecular weight is 220 g/mol. The molecule has 0 fully saturated rings. The van der Waals surface area contributed by atoms with E-state index in [1.165, 1.54) is 13.3 Å². The Hall–Kier alpha value is -2.24. The van der Waals surface area contributed by atoms with Crippen molar-refractivity contribution in [3.05, 3.63) is 30.3 Å². The number of hydrogen-bond acceptors (Lipinski definition) is 5. The highest BCUT2D eigenvalue weighted by Gasteiger charge is 2.08. The molecule has 2 rings (SSSR count). The number of rotatable bonds is 2. The van der Waals surface area contributed by atoms with Gasteiger partial charge in [-0.3, -0.25) is 0 Å². The summed E-state index contributed by atoms with van der Waals surface area (Å²) in [5.41, 5.74) is 6.04. The average Bonchev–Trinajstić information content (AvgIpc) is 2.32. The van der Waals surface area contributed by atoms with E-state index >= 15 is 0 Å². The van der Waals surface area contributed by atoms with Crippen molar-refractivity contribution in [3.63, 3.8) is 0 Å². The van der Waals surface area contributed by atoms with Gasteiger partial charge in [-0.15, -0.1) is 0 Å². The molecule has 2 aromatic rings. The number of anilines is 1. The predicted molar refractivity (Wildman–Crippen MR) is 56.2 cm³/mol. The molecular formula is C10H9FN4O. The van der Waals surface area contributed by atoms with Gasteiger partial charge in [0.05, 0.1) is 13.3 Å². The summed E-state index contributed by atoms with van der Waals surface area (Å²) in [6.07, 6.45) is 2.49. The number of nitrogens with zero attached hydrogens (tertiary/aromatic N) is 3. The summed E-state index contributed by atoms with van der Waals surface area (Å²) in [7, 11) is 1.51. The molecule has 6 heteroatoms. The number of ether oxygens (including phenoxy) is 1. The van der Waals surface area contributed by atoms with Crippen molar-refractivity contribution in [1.82, 2.24) is 15.0 Å². The predicted octanol–water partition coefficient (Wildman–Crippen LogP) is 1.27. The number of halogens is 1. The zero-order valence-corrected chi connectivity index (χ0v) is 8.51. The highest BCUT2D eigenvalue weighted by Crippen LogP contribution is 2.21. The quantitative estimate of drug-likeness (QED) is 0.824. The van der Waals surface area contributed by atoms with E-state index in [1.54, 1.807) is 12.1 Å². The van der Waals surface area contributed by atoms with Crippen molar-refractivity contribution in [2.75, 3.05) is 12.8 Å². The van der Waals surface area contributed by atoms with Crippen LogP contribution >= 0.6 is 0 Å². The Morgan fingerprint density at radius 3 is 2.69 bits per heavy atom. The van der Waals surface area contributed by atoms with Gasteiger partial charge in [-0.05, 0) is 6.07 Å². The van der Waals surface area contributed by atoms with E-state index < -0.39 is 5.82 Å². The molecule has 0 unspecified atom stereocenters. The van der Waals surface area contributed by atoms with E-state index in [4.69, 9.17) is 10.5 Å². The van der Waals surface area contributed by atoms with Gasteiger partial charge in [0, 0.05) is 17.8 Å². The van der Waals surface area contributed by atoms with Crippen LogP contribution in [0.4, 0.5) is 10.3 Å². The summed E-state index contributed by atoms with van der Waals surface area (Å²) < 4.78 is 18.3. The standard InChI is InChI=1S/C10H9FN4O/c1-16-8-3-2-6(4-13-8)9-7(11)5-14-10(12)15-9/h2-5H,1H3,(H2,12,14,15). The maximum atomic E-state index is 13.4. The molecule has 5 nitrogen and oxygen atoms in total. The lowest BCUT2D eigenvalue weighted by Gasteiger charge is -2.03. The fourth-order valence-corrected chi connectivity index (χ4v) is 1.22. The number of pyridine rings is 1. The Labute approximate surface area is 91.1 Å². The number of methoxy groups -OCH3 is 1. The summed E-state index contributed by atoms with van der Waals surface area (Å²) in [6, 6.07) is 3.27.